The van der Waals surface area contributed by atoms with E-state index in [4.69, 9.17) is 0 Å². The van der Waals surface area contributed by atoms with E-state index in [1.54, 1.807) is 29.2 Å². The van der Waals surface area contributed by atoms with Crippen LogP contribution in [0, 0.1) is 20.8 Å². The Balaban J connectivity index is 1.75. The molecule has 0 unspecified atom stereocenters. The maximum absolute atomic E-state index is 12.9. The minimum atomic E-state index is -3.53. The molecule has 2 aromatic carbocycles. The van der Waals surface area contributed by atoms with Crippen LogP contribution in [-0.2, 0) is 10.0 Å². The number of benzene rings is 2. The predicted octanol–water partition coefficient (Wildman–Crippen LogP) is 3.15. The number of carbonyl (C=O) groups is 1. The lowest BCUT2D eigenvalue weighted by Gasteiger charge is -2.23. The molecule has 1 fully saturated rings. The summed E-state index contributed by atoms with van der Waals surface area (Å²) < 4.78 is 27.3. The fourth-order valence-electron chi connectivity index (χ4n) is 3.42. The lowest BCUT2D eigenvalue weighted by molar-refractivity contribution is 0.0763. The maximum atomic E-state index is 12.9. The maximum Gasteiger partial charge on any atom is 0.254 e. The van der Waals surface area contributed by atoms with E-state index < -0.39 is 10.0 Å². The number of aryl methyl sites for hydroxylation is 3. The zero-order valence-electron chi connectivity index (χ0n) is 16.1. The number of nitrogens with zero attached hydrogens (tertiary/aromatic N) is 2. The summed E-state index contributed by atoms with van der Waals surface area (Å²) in [4.78, 5) is 15.0. The van der Waals surface area contributed by atoms with E-state index in [2.05, 4.69) is 0 Å². The topological polar surface area (TPSA) is 57.7 Å². The van der Waals surface area contributed by atoms with Gasteiger partial charge in [-0.3, -0.25) is 4.79 Å². The van der Waals surface area contributed by atoms with E-state index in [-0.39, 0.29) is 5.91 Å². The predicted molar refractivity (Wildman–Crippen MR) is 106 cm³/mol. The lowest BCUT2D eigenvalue weighted by atomic mass is 10.0. The Morgan fingerprint density at radius 1 is 0.852 bits per heavy atom. The summed E-state index contributed by atoms with van der Waals surface area (Å²) in [6.07, 6.45) is 0.627. The molecule has 0 radical (unpaired) electrons. The molecule has 144 valence electrons. The van der Waals surface area contributed by atoms with E-state index in [1.165, 1.54) is 4.31 Å². The summed E-state index contributed by atoms with van der Waals surface area (Å²) in [6, 6.07) is 12.7. The van der Waals surface area contributed by atoms with Crippen molar-refractivity contribution in [3.8, 4) is 0 Å². The van der Waals surface area contributed by atoms with Crippen LogP contribution in [0.2, 0.25) is 0 Å². The summed E-state index contributed by atoms with van der Waals surface area (Å²) in [6.45, 7) is 7.56. The van der Waals surface area contributed by atoms with Crippen LogP contribution in [0.3, 0.4) is 0 Å². The van der Waals surface area contributed by atoms with Crippen molar-refractivity contribution in [3.05, 3.63) is 64.7 Å². The Hall–Kier alpha value is -2.18. The molecule has 1 aliphatic rings. The average molecular weight is 387 g/mol. The quantitative estimate of drug-likeness (QED) is 0.814. The second-order valence-corrected chi connectivity index (χ2v) is 9.12. The van der Waals surface area contributed by atoms with Crippen LogP contribution in [0.15, 0.2) is 47.4 Å². The zero-order chi connectivity index (χ0) is 19.6. The molecule has 0 N–H and O–H groups in total. The van der Waals surface area contributed by atoms with Crippen LogP contribution in [-0.4, -0.2) is 49.7 Å². The summed E-state index contributed by atoms with van der Waals surface area (Å²) in [5.41, 5.74) is 3.79. The molecule has 0 aliphatic carbocycles. The van der Waals surface area contributed by atoms with Gasteiger partial charge in [-0.2, -0.15) is 4.31 Å². The fraction of sp³-hybridized carbons (Fsp3) is 0.381. The average Bonchev–Trinajstić information content (AvgIpc) is 2.88. The molecule has 5 nitrogen and oxygen atoms in total. The SMILES string of the molecule is Cc1ccc(S(=O)(=O)N2CCCN(C(=O)c3ccc(C)cc3C)CC2)cc1. The van der Waals surface area contributed by atoms with Gasteiger partial charge in [-0.05, 0) is 51.0 Å². The van der Waals surface area contributed by atoms with Gasteiger partial charge >= 0.3 is 0 Å². The van der Waals surface area contributed by atoms with Gasteiger partial charge < -0.3 is 4.90 Å². The largest absolute Gasteiger partial charge is 0.337 e. The van der Waals surface area contributed by atoms with Crippen molar-refractivity contribution in [1.82, 2.24) is 9.21 Å². The molecular weight excluding hydrogens is 360 g/mol. The zero-order valence-corrected chi connectivity index (χ0v) is 16.9. The molecule has 0 bridgehead atoms. The highest BCUT2D eigenvalue weighted by Crippen LogP contribution is 2.20. The molecule has 0 atom stereocenters. The van der Waals surface area contributed by atoms with Gasteiger partial charge in [0.05, 0.1) is 4.90 Å². The molecule has 1 amide bonds. The van der Waals surface area contributed by atoms with Gasteiger partial charge in [-0.25, -0.2) is 8.42 Å². The minimum absolute atomic E-state index is 0.0258. The van der Waals surface area contributed by atoms with E-state index in [0.29, 0.717) is 43.1 Å². The fourth-order valence-corrected chi connectivity index (χ4v) is 4.89. The van der Waals surface area contributed by atoms with Gasteiger partial charge in [0.15, 0.2) is 0 Å². The number of carbonyl (C=O) groups excluding carboxylic acids is 1. The van der Waals surface area contributed by atoms with Gasteiger partial charge in [0, 0.05) is 31.7 Å². The Morgan fingerprint density at radius 2 is 1.52 bits per heavy atom. The molecule has 1 aliphatic heterocycles. The molecule has 27 heavy (non-hydrogen) atoms. The molecule has 0 aromatic heterocycles. The van der Waals surface area contributed by atoms with Crippen molar-refractivity contribution < 1.29 is 13.2 Å². The van der Waals surface area contributed by atoms with E-state index in [9.17, 15) is 13.2 Å². The van der Waals surface area contributed by atoms with E-state index in [0.717, 1.165) is 16.7 Å². The van der Waals surface area contributed by atoms with Gasteiger partial charge in [-0.1, -0.05) is 35.4 Å². The first-order chi connectivity index (χ1) is 12.8. The number of rotatable bonds is 3. The molecule has 1 heterocycles. The molecule has 6 heteroatoms. The first-order valence-corrected chi connectivity index (χ1v) is 10.7. The highest BCUT2D eigenvalue weighted by atomic mass is 32.2. The highest BCUT2D eigenvalue weighted by Gasteiger charge is 2.28. The highest BCUT2D eigenvalue weighted by molar-refractivity contribution is 7.89. The van der Waals surface area contributed by atoms with Crippen molar-refractivity contribution in [2.24, 2.45) is 0 Å². The number of amides is 1. The third-order valence-electron chi connectivity index (χ3n) is 5.01. The van der Waals surface area contributed by atoms with Crippen molar-refractivity contribution in [1.29, 1.82) is 0 Å². The second kappa shape index (κ2) is 7.82. The van der Waals surface area contributed by atoms with Crippen molar-refractivity contribution in [2.45, 2.75) is 32.1 Å². The van der Waals surface area contributed by atoms with Gasteiger partial charge in [0.2, 0.25) is 10.0 Å². The Bertz CT molecular complexity index is 936. The smallest absolute Gasteiger partial charge is 0.254 e. The third-order valence-corrected chi connectivity index (χ3v) is 6.93. The number of hydrogen-bond donors (Lipinski definition) is 0. The van der Waals surface area contributed by atoms with Crippen LogP contribution in [0.5, 0.6) is 0 Å². The summed E-state index contributed by atoms with van der Waals surface area (Å²) in [5.74, 6) is -0.0258. The molecule has 3 rings (SSSR count). The minimum Gasteiger partial charge on any atom is -0.337 e. The molecule has 1 saturated heterocycles. The Labute approximate surface area is 161 Å². The van der Waals surface area contributed by atoms with Crippen LogP contribution >= 0.6 is 0 Å². The van der Waals surface area contributed by atoms with E-state index >= 15 is 0 Å². The molecule has 0 spiro atoms. The van der Waals surface area contributed by atoms with Crippen LogP contribution in [0.4, 0.5) is 0 Å². The normalized spacial score (nSPS) is 16.2. The summed E-state index contributed by atoms with van der Waals surface area (Å²) in [7, 11) is -3.53. The van der Waals surface area contributed by atoms with Crippen LogP contribution in [0.25, 0.3) is 0 Å². The first kappa shape index (κ1) is 19.6. The standard InChI is InChI=1S/C21H26N2O3S/c1-16-5-8-19(9-6-16)27(25,26)23-12-4-11-22(13-14-23)21(24)20-10-7-17(2)15-18(20)3/h5-10,15H,4,11-14H2,1-3H3. The second-order valence-electron chi connectivity index (χ2n) is 7.18. The lowest BCUT2D eigenvalue weighted by Crippen LogP contribution is -2.37. The Kier molecular flexibility index (Phi) is 5.67. The number of sulfonamides is 1. The van der Waals surface area contributed by atoms with Crippen LogP contribution < -0.4 is 0 Å². The molecular formula is C21H26N2O3S. The van der Waals surface area contributed by atoms with E-state index in [1.807, 2.05) is 39.0 Å². The van der Waals surface area contributed by atoms with Gasteiger partial charge in [-0.15, -0.1) is 0 Å². The van der Waals surface area contributed by atoms with Gasteiger partial charge in [0.1, 0.15) is 0 Å². The van der Waals surface area contributed by atoms with Crippen molar-refractivity contribution in [3.63, 3.8) is 0 Å². The number of hydrogen-bond acceptors (Lipinski definition) is 3. The summed E-state index contributed by atoms with van der Waals surface area (Å²) >= 11 is 0. The molecule has 2 aromatic rings. The molecule has 0 saturated carbocycles. The van der Waals surface area contributed by atoms with Crippen molar-refractivity contribution in [2.75, 3.05) is 26.2 Å². The summed E-state index contributed by atoms with van der Waals surface area (Å²) in [5, 5.41) is 0. The third kappa shape index (κ3) is 4.22. The Morgan fingerprint density at radius 3 is 2.19 bits per heavy atom. The van der Waals surface area contributed by atoms with Crippen LogP contribution in [0.1, 0.15) is 33.5 Å². The van der Waals surface area contributed by atoms with Crippen molar-refractivity contribution >= 4 is 15.9 Å². The van der Waals surface area contributed by atoms with Gasteiger partial charge in [0.25, 0.3) is 5.91 Å². The first-order valence-electron chi connectivity index (χ1n) is 9.22. The monoisotopic (exact) mass is 386 g/mol.